The van der Waals surface area contributed by atoms with Crippen molar-refractivity contribution in [2.45, 2.75) is 32.2 Å². The van der Waals surface area contributed by atoms with Gasteiger partial charge < -0.3 is 14.7 Å². The second-order valence-corrected chi connectivity index (χ2v) is 4.24. The third-order valence-electron chi connectivity index (χ3n) is 3.05. The molecular weight excluding hydrogens is 194 g/mol. The minimum atomic E-state index is -0.736. The first-order chi connectivity index (χ1) is 7.16. The SMILES string of the molecule is CCCCCN(C)C1COCC1C(=O)O. The highest BCUT2D eigenvalue weighted by Crippen LogP contribution is 2.19. The lowest BCUT2D eigenvalue weighted by atomic mass is 10.0. The zero-order chi connectivity index (χ0) is 11.3. The van der Waals surface area contributed by atoms with Crippen molar-refractivity contribution in [3.05, 3.63) is 0 Å². The highest BCUT2D eigenvalue weighted by molar-refractivity contribution is 5.71. The average molecular weight is 215 g/mol. The van der Waals surface area contributed by atoms with Gasteiger partial charge in [0, 0.05) is 6.04 Å². The monoisotopic (exact) mass is 215 g/mol. The van der Waals surface area contributed by atoms with E-state index in [0.29, 0.717) is 13.2 Å². The van der Waals surface area contributed by atoms with Crippen LogP contribution in [-0.2, 0) is 9.53 Å². The van der Waals surface area contributed by atoms with Crippen LogP contribution in [0.15, 0.2) is 0 Å². The van der Waals surface area contributed by atoms with Crippen LogP contribution in [0.25, 0.3) is 0 Å². The molecule has 2 unspecified atom stereocenters. The number of hydrogen-bond acceptors (Lipinski definition) is 3. The molecule has 0 amide bonds. The first-order valence-electron chi connectivity index (χ1n) is 5.67. The number of carboxylic acids is 1. The van der Waals surface area contributed by atoms with Gasteiger partial charge in [-0.1, -0.05) is 19.8 Å². The van der Waals surface area contributed by atoms with Crippen LogP contribution in [0.4, 0.5) is 0 Å². The number of ether oxygens (including phenoxy) is 1. The number of unbranched alkanes of at least 4 members (excludes halogenated alkanes) is 2. The lowest BCUT2D eigenvalue weighted by molar-refractivity contribution is -0.143. The Morgan fingerprint density at radius 1 is 1.47 bits per heavy atom. The summed E-state index contributed by atoms with van der Waals surface area (Å²) in [5.41, 5.74) is 0. The van der Waals surface area contributed by atoms with Gasteiger partial charge in [-0.2, -0.15) is 0 Å². The van der Waals surface area contributed by atoms with Gasteiger partial charge in [-0.05, 0) is 20.0 Å². The molecule has 0 aliphatic carbocycles. The molecule has 0 saturated carbocycles. The normalized spacial score (nSPS) is 26.1. The summed E-state index contributed by atoms with van der Waals surface area (Å²) in [4.78, 5) is 13.1. The van der Waals surface area contributed by atoms with E-state index in [4.69, 9.17) is 9.84 Å². The standard InChI is InChI=1S/C11H21NO3/c1-3-4-5-6-12(2)10-8-15-7-9(10)11(13)14/h9-10H,3-8H2,1-2H3,(H,13,14). The Morgan fingerprint density at radius 3 is 2.80 bits per heavy atom. The molecule has 0 aromatic carbocycles. The third-order valence-corrected chi connectivity index (χ3v) is 3.05. The number of carbonyl (C=O) groups is 1. The van der Waals surface area contributed by atoms with E-state index in [-0.39, 0.29) is 12.0 Å². The molecule has 1 aliphatic rings. The molecule has 2 atom stereocenters. The Labute approximate surface area is 91.2 Å². The van der Waals surface area contributed by atoms with Gasteiger partial charge in [0.1, 0.15) is 0 Å². The van der Waals surface area contributed by atoms with Crippen molar-refractivity contribution in [1.29, 1.82) is 0 Å². The van der Waals surface area contributed by atoms with Gasteiger partial charge in [-0.25, -0.2) is 0 Å². The Morgan fingerprint density at radius 2 is 2.20 bits per heavy atom. The Bertz CT molecular complexity index is 208. The van der Waals surface area contributed by atoms with E-state index < -0.39 is 5.97 Å². The molecule has 1 N–H and O–H groups in total. The predicted octanol–water partition coefficient (Wildman–Crippen LogP) is 1.21. The van der Waals surface area contributed by atoms with Crippen molar-refractivity contribution in [2.75, 3.05) is 26.8 Å². The molecule has 1 rings (SSSR count). The van der Waals surface area contributed by atoms with E-state index in [9.17, 15) is 4.79 Å². The lowest BCUT2D eigenvalue weighted by Crippen LogP contribution is -2.41. The van der Waals surface area contributed by atoms with Crippen LogP contribution >= 0.6 is 0 Å². The van der Waals surface area contributed by atoms with E-state index in [2.05, 4.69) is 11.8 Å². The number of aliphatic carboxylic acids is 1. The Balaban J connectivity index is 2.36. The molecule has 1 fully saturated rings. The molecule has 0 bridgehead atoms. The van der Waals surface area contributed by atoms with Crippen molar-refractivity contribution in [3.63, 3.8) is 0 Å². The first-order valence-corrected chi connectivity index (χ1v) is 5.67. The number of carboxylic acid groups (broad SMARTS) is 1. The summed E-state index contributed by atoms with van der Waals surface area (Å²) in [6, 6.07) is 0.0550. The van der Waals surface area contributed by atoms with Gasteiger partial charge >= 0.3 is 5.97 Å². The number of hydrogen-bond donors (Lipinski definition) is 1. The van der Waals surface area contributed by atoms with E-state index in [1.165, 1.54) is 12.8 Å². The Hall–Kier alpha value is -0.610. The number of likely N-dealkylation sites (N-methyl/N-ethyl adjacent to an activating group) is 1. The molecule has 0 aromatic rings. The molecule has 1 saturated heterocycles. The van der Waals surface area contributed by atoms with E-state index in [1.807, 2.05) is 7.05 Å². The van der Waals surface area contributed by atoms with Crippen LogP contribution in [0.3, 0.4) is 0 Å². The summed E-state index contributed by atoms with van der Waals surface area (Å²) in [5.74, 6) is -1.09. The average Bonchev–Trinajstić information content (AvgIpc) is 2.66. The summed E-state index contributed by atoms with van der Waals surface area (Å²) in [6.45, 7) is 4.04. The van der Waals surface area contributed by atoms with Crippen molar-refractivity contribution in [1.82, 2.24) is 4.90 Å². The second kappa shape index (κ2) is 6.08. The van der Waals surface area contributed by atoms with Crippen LogP contribution in [0.2, 0.25) is 0 Å². The summed E-state index contributed by atoms with van der Waals surface area (Å²) >= 11 is 0. The van der Waals surface area contributed by atoms with Gasteiger partial charge in [-0.15, -0.1) is 0 Å². The number of nitrogens with zero attached hydrogens (tertiary/aromatic N) is 1. The van der Waals surface area contributed by atoms with Crippen molar-refractivity contribution in [2.24, 2.45) is 5.92 Å². The van der Waals surface area contributed by atoms with Crippen molar-refractivity contribution in [3.8, 4) is 0 Å². The zero-order valence-corrected chi connectivity index (χ0v) is 9.61. The molecule has 0 radical (unpaired) electrons. The highest BCUT2D eigenvalue weighted by Gasteiger charge is 2.36. The fourth-order valence-electron chi connectivity index (χ4n) is 1.99. The molecule has 1 heterocycles. The fraction of sp³-hybridized carbons (Fsp3) is 0.909. The third kappa shape index (κ3) is 3.47. The Kier molecular flexibility index (Phi) is 5.05. The maximum Gasteiger partial charge on any atom is 0.310 e. The molecular formula is C11H21NO3. The van der Waals surface area contributed by atoms with Crippen molar-refractivity contribution < 1.29 is 14.6 Å². The molecule has 88 valence electrons. The minimum absolute atomic E-state index is 0.0550. The van der Waals surface area contributed by atoms with E-state index in [1.54, 1.807) is 0 Å². The van der Waals surface area contributed by atoms with Crippen LogP contribution in [0, 0.1) is 5.92 Å². The van der Waals surface area contributed by atoms with Gasteiger partial charge in [-0.3, -0.25) is 4.79 Å². The van der Waals surface area contributed by atoms with E-state index >= 15 is 0 Å². The first kappa shape index (κ1) is 12.5. The van der Waals surface area contributed by atoms with Crippen LogP contribution in [0.1, 0.15) is 26.2 Å². The topological polar surface area (TPSA) is 49.8 Å². The molecule has 4 nitrogen and oxygen atoms in total. The lowest BCUT2D eigenvalue weighted by Gasteiger charge is -2.25. The molecule has 15 heavy (non-hydrogen) atoms. The predicted molar refractivity (Wildman–Crippen MR) is 57.9 cm³/mol. The molecule has 1 aliphatic heterocycles. The van der Waals surface area contributed by atoms with Crippen molar-refractivity contribution >= 4 is 5.97 Å². The minimum Gasteiger partial charge on any atom is -0.481 e. The summed E-state index contributed by atoms with van der Waals surface area (Å²) < 4.78 is 5.24. The number of rotatable bonds is 6. The van der Waals surface area contributed by atoms with E-state index in [0.717, 1.165) is 13.0 Å². The van der Waals surface area contributed by atoms with Gasteiger partial charge in [0.05, 0.1) is 19.1 Å². The fourth-order valence-corrected chi connectivity index (χ4v) is 1.99. The van der Waals surface area contributed by atoms with Gasteiger partial charge in [0.15, 0.2) is 0 Å². The van der Waals surface area contributed by atoms with Crippen LogP contribution in [-0.4, -0.2) is 48.8 Å². The summed E-state index contributed by atoms with van der Waals surface area (Å²) in [6.07, 6.45) is 3.53. The molecule has 4 heteroatoms. The molecule has 0 spiro atoms. The van der Waals surface area contributed by atoms with Gasteiger partial charge in [0.2, 0.25) is 0 Å². The van der Waals surface area contributed by atoms with Gasteiger partial charge in [0.25, 0.3) is 0 Å². The van der Waals surface area contributed by atoms with Crippen LogP contribution < -0.4 is 0 Å². The summed E-state index contributed by atoms with van der Waals surface area (Å²) in [7, 11) is 1.99. The quantitative estimate of drug-likeness (QED) is 0.677. The maximum absolute atomic E-state index is 10.9. The largest absolute Gasteiger partial charge is 0.481 e. The smallest absolute Gasteiger partial charge is 0.310 e. The second-order valence-electron chi connectivity index (χ2n) is 4.24. The summed E-state index contributed by atoms with van der Waals surface area (Å²) in [5, 5.41) is 9.00. The maximum atomic E-state index is 10.9. The van der Waals surface area contributed by atoms with Crippen LogP contribution in [0.5, 0.6) is 0 Å². The highest BCUT2D eigenvalue weighted by atomic mass is 16.5. The zero-order valence-electron chi connectivity index (χ0n) is 9.61. The molecule has 0 aromatic heterocycles.